The number of nitrogens with one attached hydrogen (secondary N) is 4. The lowest BCUT2D eigenvalue weighted by Gasteiger charge is -2.24. The predicted octanol–water partition coefficient (Wildman–Crippen LogP) is 1.26. The number of benzene rings is 2. The van der Waals surface area contributed by atoms with Crippen LogP contribution in [0.5, 0.6) is 5.75 Å². The Labute approximate surface area is 232 Å². The maximum absolute atomic E-state index is 13.0. The second-order valence-corrected chi connectivity index (χ2v) is 10.2. The summed E-state index contributed by atoms with van der Waals surface area (Å²) in [5, 5.41) is 28.7. The Bertz CT molecular complexity index is 1180. The summed E-state index contributed by atoms with van der Waals surface area (Å²) < 4.78 is 5.24. The van der Waals surface area contributed by atoms with Gasteiger partial charge in [-0.25, -0.2) is 9.59 Å². The van der Waals surface area contributed by atoms with Gasteiger partial charge in [0.1, 0.15) is 29.5 Å². The van der Waals surface area contributed by atoms with Crippen molar-refractivity contribution in [3.05, 3.63) is 65.7 Å². The normalized spacial score (nSPS) is 13.2. The van der Waals surface area contributed by atoms with Crippen LogP contribution >= 0.6 is 0 Å². The lowest BCUT2D eigenvalue weighted by Crippen LogP contribution is -2.55. The molecular weight excluding hydrogens is 520 g/mol. The fraction of sp³-hybridized carbons (Fsp3) is 0.393. The first-order chi connectivity index (χ1) is 18.7. The number of aromatic hydroxyl groups is 1. The van der Waals surface area contributed by atoms with E-state index in [1.54, 1.807) is 63.2 Å². The molecule has 0 bridgehead atoms. The summed E-state index contributed by atoms with van der Waals surface area (Å²) in [6.45, 7) is 5.90. The number of hydrogen-bond acceptors (Lipinski definition) is 7. The van der Waals surface area contributed by atoms with Crippen LogP contribution in [0.2, 0.25) is 0 Å². The van der Waals surface area contributed by atoms with E-state index in [0.717, 1.165) is 5.56 Å². The second-order valence-electron chi connectivity index (χ2n) is 10.2. The fourth-order valence-electron chi connectivity index (χ4n) is 3.52. The van der Waals surface area contributed by atoms with Crippen LogP contribution in [0.15, 0.2) is 54.6 Å². The minimum absolute atomic E-state index is 0.0360. The molecule has 3 atom stereocenters. The molecule has 216 valence electrons. The molecule has 2 aromatic carbocycles. The van der Waals surface area contributed by atoms with Crippen molar-refractivity contribution in [1.82, 2.24) is 21.3 Å². The van der Waals surface area contributed by atoms with E-state index in [1.165, 1.54) is 19.1 Å². The van der Waals surface area contributed by atoms with Crippen LogP contribution in [-0.4, -0.2) is 70.3 Å². The number of phenols is 1. The largest absolute Gasteiger partial charge is 0.508 e. The van der Waals surface area contributed by atoms with E-state index in [2.05, 4.69) is 21.3 Å². The van der Waals surface area contributed by atoms with E-state index in [4.69, 9.17) is 4.74 Å². The van der Waals surface area contributed by atoms with E-state index in [-0.39, 0.29) is 18.6 Å². The van der Waals surface area contributed by atoms with E-state index in [0.29, 0.717) is 5.56 Å². The highest BCUT2D eigenvalue weighted by Crippen LogP contribution is 2.13. The number of carbonyl (C=O) groups excluding carboxylic acids is 4. The molecule has 0 unspecified atom stereocenters. The fourth-order valence-corrected chi connectivity index (χ4v) is 3.52. The minimum Gasteiger partial charge on any atom is -0.508 e. The summed E-state index contributed by atoms with van der Waals surface area (Å²) in [6.07, 6.45) is -0.723. The van der Waals surface area contributed by atoms with Gasteiger partial charge < -0.3 is 36.2 Å². The predicted molar refractivity (Wildman–Crippen MR) is 145 cm³/mol. The summed E-state index contributed by atoms with van der Waals surface area (Å²) in [5.41, 5.74) is 0.543. The number of carbonyl (C=O) groups is 5. The first-order valence-corrected chi connectivity index (χ1v) is 12.6. The number of rotatable bonds is 12. The highest BCUT2D eigenvalue weighted by Gasteiger charge is 2.27. The highest BCUT2D eigenvalue weighted by molar-refractivity contribution is 5.93. The van der Waals surface area contributed by atoms with Crippen LogP contribution in [0.25, 0.3) is 0 Å². The smallest absolute Gasteiger partial charge is 0.408 e. The van der Waals surface area contributed by atoms with Crippen LogP contribution in [0, 0.1) is 0 Å². The molecule has 0 aliphatic rings. The van der Waals surface area contributed by atoms with Gasteiger partial charge in [-0.1, -0.05) is 42.5 Å². The van der Waals surface area contributed by atoms with Crippen molar-refractivity contribution in [2.45, 2.75) is 64.3 Å². The molecule has 0 radical (unpaired) electrons. The molecular formula is C28H36N4O8. The van der Waals surface area contributed by atoms with Crippen LogP contribution in [-0.2, 0) is 36.8 Å². The molecule has 0 aliphatic carbocycles. The SMILES string of the molecule is C[C@@H](NC(=O)[C@H](Cc1ccc(O)cc1)NC(=O)OC(C)(C)C)C(=O)NCC(=O)N[C@@H](Cc1ccccc1)C(=O)O. The summed E-state index contributed by atoms with van der Waals surface area (Å²) in [4.78, 5) is 61.8. The molecule has 0 spiro atoms. The Balaban J connectivity index is 1.95. The molecule has 0 saturated heterocycles. The summed E-state index contributed by atoms with van der Waals surface area (Å²) >= 11 is 0. The lowest BCUT2D eigenvalue weighted by molar-refractivity contribution is -0.141. The topological polar surface area (TPSA) is 183 Å². The van der Waals surface area contributed by atoms with E-state index < -0.39 is 60.1 Å². The van der Waals surface area contributed by atoms with Crippen molar-refractivity contribution in [2.75, 3.05) is 6.54 Å². The van der Waals surface area contributed by atoms with Gasteiger partial charge in [-0.05, 0) is 51.0 Å². The molecule has 0 fully saturated rings. The van der Waals surface area contributed by atoms with Crippen LogP contribution < -0.4 is 21.3 Å². The zero-order valence-corrected chi connectivity index (χ0v) is 22.9. The molecule has 2 aromatic rings. The third kappa shape index (κ3) is 11.4. The maximum Gasteiger partial charge on any atom is 0.408 e. The summed E-state index contributed by atoms with van der Waals surface area (Å²) in [7, 11) is 0. The van der Waals surface area contributed by atoms with Crippen molar-refractivity contribution in [3.63, 3.8) is 0 Å². The Kier molecular flexibility index (Phi) is 11.5. The van der Waals surface area contributed by atoms with Gasteiger partial charge in [0.15, 0.2) is 0 Å². The number of amides is 4. The van der Waals surface area contributed by atoms with E-state index >= 15 is 0 Å². The molecule has 0 saturated carbocycles. The zero-order chi connectivity index (χ0) is 29.9. The van der Waals surface area contributed by atoms with Crippen LogP contribution in [0.4, 0.5) is 4.79 Å². The van der Waals surface area contributed by atoms with Gasteiger partial charge in [-0.15, -0.1) is 0 Å². The average molecular weight is 557 g/mol. The third-order valence-electron chi connectivity index (χ3n) is 5.47. The molecule has 2 rings (SSSR count). The Hall–Kier alpha value is -4.61. The van der Waals surface area contributed by atoms with Gasteiger partial charge >= 0.3 is 12.1 Å². The van der Waals surface area contributed by atoms with Gasteiger partial charge in [0, 0.05) is 12.8 Å². The maximum atomic E-state index is 13.0. The first-order valence-electron chi connectivity index (χ1n) is 12.6. The van der Waals surface area contributed by atoms with Crippen molar-refractivity contribution >= 4 is 29.8 Å². The van der Waals surface area contributed by atoms with Gasteiger partial charge in [-0.2, -0.15) is 0 Å². The second kappa shape index (κ2) is 14.5. The molecule has 40 heavy (non-hydrogen) atoms. The van der Waals surface area contributed by atoms with Crippen molar-refractivity contribution in [3.8, 4) is 5.75 Å². The number of hydrogen-bond donors (Lipinski definition) is 6. The Morgan fingerprint density at radius 3 is 1.95 bits per heavy atom. The molecule has 4 amide bonds. The zero-order valence-electron chi connectivity index (χ0n) is 22.9. The molecule has 12 heteroatoms. The number of ether oxygens (including phenoxy) is 1. The standard InChI is InChI=1S/C28H36N4O8/c1-17(24(35)29-16-23(34)31-22(26(37)38)15-18-8-6-5-7-9-18)30-25(36)21(32-27(39)40-28(2,3)4)14-19-10-12-20(33)13-11-19/h5-13,17,21-22,33H,14-16H2,1-4H3,(H,29,35)(H,30,36)(H,31,34)(H,32,39)(H,37,38)/t17-,21+,22+/m1/s1. The van der Waals surface area contributed by atoms with Gasteiger partial charge in [-0.3, -0.25) is 14.4 Å². The Morgan fingerprint density at radius 1 is 0.800 bits per heavy atom. The molecule has 0 aliphatic heterocycles. The van der Waals surface area contributed by atoms with Crippen LogP contribution in [0.1, 0.15) is 38.8 Å². The van der Waals surface area contributed by atoms with Gasteiger partial charge in [0.25, 0.3) is 0 Å². The monoisotopic (exact) mass is 556 g/mol. The van der Waals surface area contributed by atoms with E-state index in [9.17, 15) is 34.2 Å². The number of alkyl carbamates (subject to hydrolysis) is 1. The van der Waals surface area contributed by atoms with Gasteiger partial charge in [0.05, 0.1) is 6.54 Å². The molecule has 12 nitrogen and oxygen atoms in total. The Morgan fingerprint density at radius 2 is 1.38 bits per heavy atom. The molecule has 6 N–H and O–H groups in total. The first kappa shape index (κ1) is 31.6. The highest BCUT2D eigenvalue weighted by atomic mass is 16.6. The van der Waals surface area contributed by atoms with Crippen LogP contribution in [0.3, 0.4) is 0 Å². The van der Waals surface area contributed by atoms with E-state index in [1.807, 2.05) is 0 Å². The van der Waals surface area contributed by atoms with Crippen molar-refractivity contribution in [1.29, 1.82) is 0 Å². The molecule has 0 heterocycles. The van der Waals surface area contributed by atoms with Gasteiger partial charge in [0.2, 0.25) is 17.7 Å². The van der Waals surface area contributed by atoms with Crippen molar-refractivity contribution < 1.29 is 38.9 Å². The summed E-state index contributed by atoms with van der Waals surface area (Å²) in [5.74, 6) is -3.28. The molecule has 0 aromatic heterocycles. The lowest BCUT2D eigenvalue weighted by atomic mass is 10.0. The average Bonchev–Trinajstić information content (AvgIpc) is 2.87. The number of carboxylic acids is 1. The van der Waals surface area contributed by atoms with Crippen molar-refractivity contribution in [2.24, 2.45) is 0 Å². The number of carboxylic acid groups (broad SMARTS) is 1. The number of aliphatic carboxylic acids is 1. The number of phenolic OH excluding ortho intramolecular Hbond substituents is 1. The summed E-state index contributed by atoms with van der Waals surface area (Å²) in [6, 6.07) is 11.4. The quantitative estimate of drug-likeness (QED) is 0.226. The minimum atomic E-state index is -1.22. The third-order valence-corrected chi connectivity index (χ3v) is 5.47.